The summed E-state index contributed by atoms with van der Waals surface area (Å²) in [7, 11) is 1.76. The number of carbonyl (C=O) groups is 1. The molecule has 0 aliphatic carbocycles. The summed E-state index contributed by atoms with van der Waals surface area (Å²) < 4.78 is 2.49. The van der Waals surface area contributed by atoms with Crippen LogP contribution in [0.2, 0.25) is 0 Å². The van der Waals surface area contributed by atoms with Gasteiger partial charge in [-0.15, -0.1) is 22.7 Å². The lowest BCUT2D eigenvalue weighted by molar-refractivity contribution is 0.0942. The van der Waals surface area contributed by atoms with E-state index in [1.807, 2.05) is 5.38 Å². The number of fused-ring (bicyclic) bond motifs is 1. The number of nitrogens with two attached hydrogens (primary N) is 1. The minimum absolute atomic E-state index is 0.0774. The number of aliphatic hydroxyl groups excluding tert-OH is 1. The van der Waals surface area contributed by atoms with Gasteiger partial charge in [0.25, 0.3) is 5.91 Å². The molecule has 1 amide bonds. The molecule has 0 radical (unpaired) electrons. The zero-order valence-electron chi connectivity index (χ0n) is 16.0. The number of aliphatic hydroxyl groups is 1. The van der Waals surface area contributed by atoms with E-state index in [1.165, 1.54) is 28.9 Å². The van der Waals surface area contributed by atoms with Gasteiger partial charge >= 0.3 is 0 Å². The van der Waals surface area contributed by atoms with Gasteiger partial charge in [0.1, 0.15) is 21.5 Å². The number of carbonyl (C=O) groups excluding carboxylic acids is 1. The summed E-state index contributed by atoms with van der Waals surface area (Å²) in [6.45, 7) is 0.155. The van der Waals surface area contributed by atoms with Crippen LogP contribution in [0.25, 0.3) is 10.3 Å². The van der Waals surface area contributed by atoms with Gasteiger partial charge in [0.2, 0.25) is 0 Å². The number of nitrogen functional groups attached to an aromatic ring is 1. The number of amides is 1. The highest BCUT2D eigenvalue weighted by Gasteiger charge is 2.23. The lowest BCUT2D eigenvalue weighted by Gasteiger charge is -2.08. The second kappa shape index (κ2) is 8.30. The Labute approximate surface area is 179 Å². The van der Waals surface area contributed by atoms with Crippen LogP contribution in [0.1, 0.15) is 37.5 Å². The molecule has 0 bridgehead atoms. The van der Waals surface area contributed by atoms with Crippen molar-refractivity contribution in [2.24, 2.45) is 7.05 Å². The molecule has 4 rings (SSSR count). The Morgan fingerprint density at radius 2 is 2.13 bits per heavy atom. The standard InChI is InChI=1S/C19H19N7O2S2/c1-26-16(19(28)22-7-10-3-2-4-13(21)23-10)12(6-20)17-18(26)25-14(30-17)5-11-9-29-15(8-27)24-11/h2-4,6,9,20,27H,5,7-8H2,1H3,(H2,21,23)(H,22,28). The first-order chi connectivity index (χ1) is 14.5. The van der Waals surface area contributed by atoms with Crippen molar-refractivity contribution >= 4 is 51.0 Å². The molecule has 30 heavy (non-hydrogen) atoms. The molecule has 4 aromatic rings. The first kappa shape index (κ1) is 20.1. The van der Waals surface area contributed by atoms with Gasteiger partial charge in [-0.25, -0.2) is 15.0 Å². The molecule has 0 saturated carbocycles. The van der Waals surface area contributed by atoms with E-state index >= 15 is 0 Å². The lowest BCUT2D eigenvalue weighted by atomic mass is 10.2. The van der Waals surface area contributed by atoms with Crippen molar-refractivity contribution in [2.45, 2.75) is 19.6 Å². The van der Waals surface area contributed by atoms with Crippen LogP contribution in [-0.2, 0) is 26.6 Å². The second-order valence-corrected chi connectivity index (χ2v) is 8.56. The lowest BCUT2D eigenvalue weighted by Crippen LogP contribution is -2.26. The predicted octanol–water partition coefficient (Wildman–Crippen LogP) is 2.08. The first-order valence-corrected chi connectivity index (χ1v) is 10.7. The minimum atomic E-state index is -0.306. The first-order valence-electron chi connectivity index (χ1n) is 9.02. The van der Waals surface area contributed by atoms with Crippen LogP contribution in [0.4, 0.5) is 5.82 Å². The summed E-state index contributed by atoms with van der Waals surface area (Å²) in [6, 6.07) is 5.25. The number of nitrogens with zero attached hydrogens (tertiary/aromatic N) is 4. The fraction of sp³-hybridized carbons (Fsp3) is 0.211. The van der Waals surface area contributed by atoms with Crippen molar-refractivity contribution in [3.63, 3.8) is 0 Å². The fourth-order valence-electron chi connectivity index (χ4n) is 3.15. The molecule has 0 atom stereocenters. The molecule has 0 saturated heterocycles. The Hall–Kier alpha value is -3.15. The van der Waals surface area contributed by atoms with Gasteiger partial charge in [0, 0.05) is 30.6 Å². The molecule has 9 nitrogen and oxygen atoms in total. The molecule has 154 valence electrons. The third-order valence-electron chi connectivity index (χ3n) is 4.49. The summed E-state index contributed by atoms with van der Waals surface area (Å²) in [4.78, 5) is 26.0. The van der Waals surface area contributed by atoms with Gasteiger partial charge in [-0.1, -0.05) is 6.07 Å². The molecule has 4 heterocycles. The Morgan fingerprint density at radius 3 is 2.83 bits per heavy atom. The highest BCUT2D eigenvalue weighted by Crippen LogP contribution is 2.31. The van der Waals surface area contributed by atoms with Crippen LogP contribution < -0.4 is 11.1 Å². The highest BCUT2D eigenvalue weighted by atomic mass is 32.1. The summed E-state index contributed by atoms with van der Waals surface area (Å²) in [5.41, 5.74) is 8.74. The number of pyridine rings is 1. The molecule has 11 heteroatoms. The topological polar surface area (TPSA) is 143 Å². The largest absolute Gasteiger partial charge is 0.389 e. The maximum Gasteiger partial charge on any atom is 0.269 e. The molecule has 0 aliphatic rings. The summed E-state index contributed by atoms with van der Waals surface area (Å²) in [5.74, 6) is 0.0864. The van der Waals surface area contributed by atoms with Gasteiger partial charge in [0.15, 0.2) is 5.65 Å². The van der Waals surface area contributed by atoms with Crippen molar-refractivity contribution in [3.8, 4) is 0 Å². The molecule has 0 aromatic carbocycles. The van der Waals surface area contributed by atoms with Gasteiger partial charge < -0.3 is 26.1 Å². The predicted molar refractivity (Wildman–Crippen MR) is 117 cm³/mol. The fourth-order valence-corrected chi connectivity index (χ4v) is 4.92. The molecule has 0 unspecified atom stereocenters. The van der Waals surface area contributed by atoms with Gasteiger partial charge in [-0.3, -0.25) is 4.79 Å². The zero-order chi connectivity index (χ0) is 21.3. The highest BCUT2D eigenvalue weighted by molar-refractivity contribution is 7.19. The van der Waals surface area contributed by atoms with Crippen LogP contribution in [0, 0.1) is 5.41 Å². The van der Waals surface area contributed by atoms with E-state index in [0.717, 1.165) is 15.4 Å². The Morgan fingerprint density at radius 1 is 1.30 bits per heavy atom. The number of aromatic nitrogens is 4. The minimum Gasteiger partial charge on any atom is -0.389 e. The molecular formula is C19H19N7O2S2. The van der Waals surface area contributed by atoms with E-state index in [0.29, 0.717) is 39.8 Å². The van der Waals surface area contributed by atoms with E-state index < -0.39 is 0 Å². The van der Waals surface area contributed by atoms with Crippen molar-refractivity contribution in [2.75, 3.05) is 5.73 Å². The summed E-state index contributed by atoms with van der Waals surface area (Å²) in [5, 5.41) is 23.3. The van der Waals surface area contributed by atoms with Crippen LogP contribution in [0.3, 0.4) is 0 Å². The molecule has 0 aliphatic heterocycles. The average Bonchev–Trinajstić information content (AvgIpc) is 3.42. The smallest absolute Gasteiger partial charge is 0.269 e. The Kier molecular flexibility index (Phi) is 5.57. The van der Waals surface area contributed by atoms with Crippen molar-refractivity contribution in [1.82, 2.24) is 24.8 Å². The Balaban J connectivity index is 1.59. The van der Waals surface area contributed by atoms with Crippen LogP contribution in [0.5, 0.6) is 0 Å². The number of hydrogen-bond acceptors (Lipinski definition) is 9. The van der Waals surface area contributed by atoms with Crippen molar-refractivity contribution < 1.29 is 9.90 Å². The van der Waals surface area contributed by atoms with Crippen molar-refractivity contribution in [1.29, 1.82) is 5.41 Å². The molecular weight excluding hydrogens is 422 g/mol. The van der Waals surface area contributed by atoms with E-state index in [-0.39, 0.29) is 19.1 Å². The van der Waals surface area contributed by atoms with Crippen LogP contribution >= 0.6 is 22.7 Å². The molecule has 0 spiro atoms. The number of rotatable bonds is 7. The SMILES string of the molecule is Cn1c(C(=O)NCc2cccc(N)n2)c(C=N)c2sc(Cc3csc(CO)n3)nc21. The van der Waals surface area contributed by atoms with E-state index in [2.05, 4.69) is 20.3 Å². The molecule has 4 aromatic heterocycles. The number of anilines is 1. The molecule has 5 N–H and O–H groups in total. The van der Waals surface area contributed by atoms with E-state index in [9.17, 15) is 9.90 Å². The number of aryl methyl sites for hydroxylation is 1. The number of hydrogen-bond donors (Lipinski definition) is 4. The summed E-state index contributed by atoms with van der Waals surface area (Å²) in [6.07, 6.45) is 1.72. The van der Waals surface area contributed by atoms with Gasteiger partial charge in [-0.05, 0) is 12.1 Å². The Bertz CT molecular complexity index is 1240. The number of nitrogens with one attached hydrogen (secondary N) is 2. The maximum absolute atomic E-state index is 12.8. The average molecular weight is 442 g/mol. The zero-order valence-corrected chi connectivity index (χ0v) is 17.7. The third-order valence-corrected chi connectivity index (χ3v) is 6.45. The third kappa shape index (κ3) is 3.82. The quantitative estimate of drug-likeness (QED) is 0.323. The van der Waals surface area contributed by atoms with E-state index in [1.54, 1.807) is 29.8 Å². The second-order valence-electron chi connectivity index (χ2n) is 6.53. The monoisotopic (exact) mass is 441 g/mol. The summed E-state index contributed by atoms with van der Waals surface area (Å²) >= 11 is 2.85. The van der Waals surface area contributed by atoms with E-state index in [4.69, 9.17) is 11.1 Å². The van der Waals surface area contributed by atoms with Crippen molar-refractivity contribution in [3.05, 3.63) is 56.2 Å². The van der Waals surface area contributed by atoms with Crippen LogP contribution in [-0.4, -0.2) is 36.7 Å². The van der Waals surface area contributed by atoms with Gasteiger partial charge in [0.05, 0.1) is 29.2 Å². The van der Waals surface area contributed by atoms with Gasteiger partial charge in [-0.2, -0.15) is 0 Å². The number of thiazole rings is 2. The van der Waals surface area contributed by atoms with Crippen LogP contribution in [0.15, 0.2) is 23.6 Å². The molecule has 0 fully saturated rings. The normalized spacial score (nSPS) is 11.1. The maximum atomic E-state index is 12.8.